The van der Waals surface area contributed by atoms with Crippen LogP contribution in [0.25, 0.3) is 33.5 Å². The van der Waals surface area contributed by atoms with Gasteiger partial charge < -0.3 is 19.0 Å². The lowest BCUT2D eigenvalue weighted by Crippen LogP contribution is -2.38. The van der Waals surface area contributed by atoms with Crippen LogP contribution in [0.5, 0.6) is 0 Å². The van der Waals surface area contributed by atoms with E-state index >= 15 is 0 Å². The number of pyridine rings is 1. The maximum atomic E-state index is 13.8. The molecule has 1 aliphatic rings. The van der Waals surface area contributed by atoms with Gasteiger partial charge in [0.1, 0.15) is 10.6 Å². The minimum Gasteiger partial charge on any atom is -0.431 e. The topological polar surface area (TPSA) is 124 Å². The van der Waals surface area contributed by atoms with Crippen molar-refractivity contribution in [2.45, 2.75) is 41.1 Å². The lowest BCUT2D eigenvalue weighted by atomic mass is 9.84. The molecule has 1 unspecified atom stereocenters. The number of fused-ring (bicyclic) bond motifs is 1. The second-order valence-corrected chi connectivity index (χ2v) is 16.8. The van der Waals surface area contributed by atoms with E-state index in [1.54, 1.807) is 42.6 Å². The van der Waals surface area contributed by atoms with Gasteiger partial charge in [0.15, 0.2) is 12.1 Å². The average Bonchev–Trinajstić information content (AvgIpc) is 3.73. The number of hydrogen-bond donors (Lipinski definition) is 2. The molecule has 0 amide bonds. The van der Waals surface area contributed by atoms with Crippen molar-refractivity contribution >= 4 is 38.4 Å². The summed E-state index contributed by atoms with van der Waals surface area (Å²) in [6.45, 7) is -0.0808. The molecule has 11 heteroatoms. The summed E-state index contributed by atoms with van der Waals surface area (Å²) in [5.74, 6) is 0.872. The van der Waals surface area contributed by atoms with Gasteiger partial charge >= 0.3 is 0 Å². The molecule has 6 aromatic carbocycles. The maximum absolute atomic E-state index is 13.8. The summed E-state index contributed by atoms with van der Waals surface area (Å²) >= 11 is 1.47. The second-order valence-electron chi connectivity index (χ2n) is 14.2. The van der Waals surface area contributed by atoms with Crippen molar-refractivity contribution in [2.24, 2.45) is 0 Å². The summed E-state index contributed by atoms with van der Waals surface area (Å²) < 4.78 is 50.8. The molecule has 1 saturated heterocycles. The highest BCUT2D eigenvalue weighted by atomic mass is 32.2. The van der Waals surface area contributed by atoms with Crippen LogP contribution >= 0.6 is 11.8 Å². The highest BCUT2D eigenvalue weighted by Crippen LogP contribution is 2.48. The number of nitrogens with zero attached hydrogens (tertiary/aromatic N) is 2. The number of aliphatic hydroxyl groups is 1. The third-order valence-corrected chi connectivity index (χ3v) is 12.7. The first kappa shape index (κ1) is 38.4. The van der Waals surface area contributed by atoms with Crippen LogP contribution in [-0.2, 0) is 26.1 Å². The molecule has 1 fully saturated rings. The van der Waals surface area contributed by atoms with Crippen LogP contribution in [0, 0.1) is 0 Å². The number of hydrogen-bond acceptors (Lipinski definition) is 9. The Morgan fingerprint density at radius 1 is 0.678 bits per heavy atom. The van der Waals surface area contributed by atoms with E-state index in [1.807, 2.05) is 121 Å². The van der Waals surface area contributed by atoms with E-state index < -0.39 is 28.5 Å². The summed E-state index contributed by atoms with van der Waals surface area (Å²) in [7, 11) is -4.02. The van der Waals surface area contributed by atoms with Crippen molar-refractivity contribution < 1.29 is 27.4 Å². The van der Waals surface area contributed by atoms with Crippen LogP contribution in [0.15, 0.2) is 191 Å². The molecule has 0 radical (unpaired) electrons. The zero-order valence-electron chi connectivity index (χ0n) is 31.7. The Balaban J connectivity index is 1.07. The van der Waals surface area contributed by atoms with Crippen molar-refractivity contribution in [1.82, 2.24) is 9.97 Å². The molecule has 9 rings (SSSR count). The molecule has 2 aromatic heterocycles. The quantitative estimate of drug-likeness (QED) is 0.116. The van der Waals surface area contributed by atoms with Crippen LogP contribution < -0.4 is 4.72 Å². The predicted molar refractivity (Wildman–Crippen MR) is 230 cm³/mol. The van der Waals surface area contributed by atoms with E-state index in [0.29, 0.717) is 33.5 Å². The first-order chi connectivity index (χ1) is 28.9. The number of thioether (sulfide) groups is 1. The molecule has 0 saturated carbocycles. The predicted octanol–water partition coefficient (Wildman–Crippen LogP) is 10.6. The fraction of sp³-hybridized carbons (Fsp3) is 0.125. The van der Waals surface area contributed by atoms with E-state index in [2.05, 4.69) is 21.8 Å². The van der Waals surface area contributed by atoms with Crippen LogP contribution in [-0.4, -0.2) is 35.3 Å². The van der Waals surface area contributed by atoms with Gasteiger partial charge in [-0.3, -0.25) is 9.71 Å². The summed E-state index contributed by atoms with van der Waals surface area (Å²) in [5.41, 5.74) is 6.72. The van der Waals surface area contributed by atoms with E-state index in [-0.39, 0.29) is 17.4 Å². The van der Waals surface area contributed by atoms with Crippen molar-refractivity contribution in [1.29, 1.82) is 0 Å². The Morgan fingerprint density at radius 3 is 2.10 bits per heavy atom. The van der Waals surface area contributed by atoms with Gasteiger partial charge in [0.25, 0.3) is 15.2 Å². The molecule has 2 N–H and O–H groups in total. The van der Waals surface area contributed by atoms with Crippen molar-refractivity contribution in [3.63, 3.8) is 0 Å². The van der Waals surface area contributed by atoms with Gasteiger partial charge in [0.2, 0.25) is 0 Å². The zero-order chi connectivity index (χ0) is 40.2. The van der Waals surface area contributed by atoms with Crippen LogP contribution in [0.3, 0.4) is 0 Å². The van der Waals surface area contributed by atoms with Gasteiger partial charge in [-0.05, 0) is 41.0 Å². The number of para-hydroxylation sites is 1. The van der Waals surface area contributed by atoms with Gasteiger partial charge in [0, 0.05) is 45.6 Å². The number of ether oxygens (including phenoxy) is 2. The highest BCUT2D eigenvalue weighted by molar-refractivity contribution is 7.99. The Hall–Kier alpha value is -6.08. The molecule has 4 atom stereocenters. The number of aromatic nitrogens is 2. The standard InChI is InChI=1S/C48H39N3O6S2/c52-30-32-24-26-37(27-25-32)45-42(33-13-4-1-5-14-33)40(31-58-48-50-44(35-15-6-2-7-16-35)46(57-48)36-17-8-3-9-18-36)55-47(56-45)38-20-10-22-39(29-38)51-59(53,54)41-23-11-19-34-21-12-28-49-43(34)41/h1-29,40,42,45,47,51-52H,30-31H2/t40-,42-,45+,47?/m1/s1. The Labute approximate surface area is 346 Å². The van der Waals surface area contributed by atoms with Crippen molar-refractivity contribution in [3.8, 4) is 22.6 Å². The Morgan fingerprint density at radius 2 is 1.36 bits per heavy atom. The zero-order valence-corrected chi connectivity index (χ0v) is 33.3. The molecule has 59 heavy (non-hydrogen) atoms. The molecule has 294 valence electrons. The normalized spacial score (nSPS) is 18.1. The van der Waals surface area contributed by atoms with Crippen LogP contribution in [0.1, 0.15) is 40.6 Å². The number of benzene rings is 6. The van der Waals surface area contributed by atoms with E-state index in [1.165, 1.54) is 11.8 Å². The lowest BCUT2D eigenvalue weighted by molar-refractivity contribution is -0.255. The fourth-order valence-electron chi connectivity index (χ4n) is 7.50. The SMILES string of the molecule is O=S(=O)(Nc1cccc(C2O[C@H](CSc3nc(-c4ccccc4)c(-c4ccccc4)o3)[C@@H](c3ccccc3)[C@H](c3ccc(CO)cc3)O2)c1)c1cccc2cccnc12. The molecule has 0 bridgehead atoms. The third kappa shape index (κ3) is 8.29. The van der Waals surface area contributed by atoms with E-state index in [4.69, 9.17) is 18.9 Å². The molecule has 8 aromatic rings. The third-order valence-electron chi connectivity index (χ3n) is 10.3. The number of nitrogens with one attached hydrogen (secondary N) is 1. The second kappa shape index (κ2) is 17.0. The number of aliphatic hydroxyl groups excluding tert-OH is 1. The van der Waals surface area contributed by atoms with Crippen molar-refractivity contribution in [3.05, 3.63) is 198 Å². The van der Waals surface area contributed by atoms with E-state index in [9.17, 15) is 13.5 Å². The van der Waals surface area contributed by atoms with Gasteiger partial charge in [-0.2, -0.15) is 0 Å². The minimum absolute atomic E-state index is 0.0808. The first-order valence-electron chi connectivity index (χ1n) is 19.2. The van der Waals surface area contributed by atoms with Gasteiger partial charge in [-0.1, -0.05) is 157 Å². The van der Waals surface area contributed by atoms with Gasteiger partial charge in [0.05, 0.1) is 24.3 Å². The summed E-state index contributed by atoms with van der Waals surface area (Å²) in [5, 5.41) is 11.1. The fourth-order valence-corrected chi connectivity index (χ4v) is 9.62. The molecule has 1 aliphatic heterocycles. The number of sulfonamides is 1. The van der Waals surface area contributed by atoms with E-state index in [0.717, 1.165) is 38.9 Å². The molecule has 0 aliphatic carbocycles. The number of rotatable bonds is 12. The number of oxazole rings is 1. The molecule has 9 nitrogen and oxygen atoms in total. The van der Waals surface area contributed by atoms with Crippen LogP contribution in [0.2, 0.25) is 0 Å². The minimum atomic E-state index is -4.02. The van der Waals surface area contributed by atoms with Gasteiger partial charge in [-0.25, -0.2) is 13.4 Å². The molecular formula is C48H39N3O6S2. The summed E-state index contributed by atoms with van der Waals surface area (Å²) in [6.07, 6.45) is -0.216. The average molecular weight is 818 g/mol. The smallest absolute Gasteiger partial charge is 0.264 e. The summed E-state index contributed by atoms with van der Waals surface area (Å²) in [4.78, 5) is 9.46. The van der Waals surface area contributed by atoms with Gasteiger partial charge in [-0.15, -0.1) is 0 Å². The monoisotopic (exact) mass is 817 g/mol. The largest absolute Gasteiger partial charge is 0.431 e. The Bertz CT molecular complexity index is 2720. The maximum Gasteiger partial charge on any atom is 0.264 e. The molecule has 0 spiro atoms. The molecular weight excluding hydrogens is 779 g/mol. The Kier molecular flexibility index (Phi) is 11.1. The van der Waals surface area contributed by atoms with Crippen molar-refractivity contribution in [2.75, 3.05) is 10.5 Å². The first-order valence-corrected chi connectivity index (χ1v) is 21.7. The summed E-state index contributed by atoms with van der Waals surface area (Å²) in [6, 6.07) is 53.6. The lowest BCUT2D eigenvalue weighted by Gasteiger charge is -2.43. The van der Waals surface area contributed by atoms with Crippen LogP contribution in [0.4, 0.5) is 5.69 Å². The highest BCUT2D eigenvalue weighted by Gasteiger charge is 2.42. The number of anilines is 1. The molecule has 3 heterocycles.